The first-order chi connectivity index (χ1) is 8.49. The summed E-state index contributed by atoms with van der Waals surface area (Å²) in [6.45, 7) is 2.78. The van der Waals surface area contributed by atoms with E-state index in [0.717, 1.165) is 5.56 Å². The lowest BCUT2D eigenvalue weighted by Gasteiger charge is -2.22. The number of nitrogens with two attached hydrogens (primary N) is 1. The summed E-state index contributed by atoms with van der Waals surface area (Å²) in [5.74, 6) is 0.313. The first-order valence-electron chi connectivity index (χ1n) is 5.80. The Balaban J connectivity index is 2.13. The summed E-state index contributed by atoms with van der Waals surface area (Å²) in [5, 5.41) is -0.411. The molecule has 1 aromatic heterocycles. The summed E-state index contributed by atoms with van der Waals surface area (Å²) < 4.78 is 31.9. The molecule has 0 aliphatic carbocycles. The van der Waals surface area contributed by atoms with E-state index < -0.39 is 15.3 Å². The summed E-state index contributed by atoms with van der Waals surface area (Å²) in [6, 6.07) is 1.63. The van der Waals surface area contributed by atoms with Crippen molar-refractivity contribution >= 4 is 21.5 Å². The van der Waals surface area contributed by atoms with E-state index in [1.54, 1.807) is 6.07 Å². The highest BCUT2D eigenvalue weighted by atomic mass is 32.2. The van der Waals surface area contributed by atoms with Gasteiger partial charge in [-0.15, -0.1) is 0 Å². The number of nitrogen functional groups attached to an aromatic ring is 1. The third kappa shape index (κ3) is 2.91. The van der Waals surface area contributed by atoms with Gasteiger partial charge in [-0.1, -0.05) is 0 Å². The number of hydrogen-bond acceptors (Lipinski definition) is 5. The molecule has 0 saturated carbocycles. The van der Waals surface area contributed by atoms with Crippen LogP contribution in [0.3, 0.4) is 0 Å². The van der Waals surface area contributed by atoms with Crippen molar-refractivity contribution in [2.45, 2.75) is 25.0 Å². The van der Waals surface area contributed by atoms with E-state index in [4.69, 9.17) is 10.5 Å². The molecule has 0 unspecified atom stereocenters. The fraction of sp³-hybridized carbons (Fsp3) is 0.545. The summed E-state index contributed by atoms with van der Waals surface area (Å²) in [7, 11) is -3.40. The van der Waals surface area contributed by atoms with E-state index in [1.807, 2.05) is 6.92 Å². The van der Waals surface area contributed by atoms with Gasteiger partial charge in [0.05, 0.1) is 17.1 Å². The van der Waals surface area contributed by atoms with Crippen molar-refractivity contribution in [3.63, 3.8) is 0 Å². The Morgan fingerprint density at radius 1 is 1.44 bits per heavy atom. The first kappa shape index (κ1) is 13.1. The number of hydrogen-bond donors (Lipinski definition) is 2. The maximum absolute atomic E-state index is 12.1. The van der Waals surface area contributed by atoms with E-state index >= 15 is 0 Å². The fourth-order valence-corrected chi connectivity index (χ4v) is 3.22. The molecule has 1 aliphatic heterocycles. The molecule has 0 bridgehead atoms. The van der Waals surface area contributed by atoms with Crippen LogP contribution in [-0.2, 0) is 14.8 Å². The second-order valence-electron chi connectivity index (χ2n) is 4.38. The van der Waals surface area contributed by atoms with Gasteiger partial charge in [0, 0.05) is 13.2 Å². The van der Waals surface area contributed by atoms with Crippen LogP contribution in [0.1, 0.15) is 18.4 Å². The van der Waals surface area contributed by atoms with Crippen LogP contribution in [0.25, 0.3) is 0 Å². The maximum Gasteiger partial charge on any atom is 0.236 e. The molecule has 2 heterocycles. The third-order valence-electron chi connectivity index (χ3n) is 3.01. The lowest BCUT2D eigenvalue weighted by Crippen LogP contribution is -2.33. The molecule has 0 atom stereocenters. The standard InChI is InChI=1S/C11H17N3O3S/c1-8-6-11(13-7-10(8)12)14-18(15,16)9-2-4-17-5-3-9/h6-7,9H,2-5,12H2,1H3,(H,13,14). The molecule has 0 radical (unpaired) electrons. The lowest BCUT2D eigenvalue weighted by atomic mass is 10.2. The molecule has 18 heavy (non-hydrogen) atoms. The average Bonchev–Trinajstić information content (AvgIpc) is 2.35. The quantitative estimate of drug-likeness (QED) is 0.851. The second kappa shape index (κ2) is 5.11. The molecule has 0 spiro atoms. The number of nitrogens with zero attached hydrogens (tertiary/aromatic N) is 1. The van der Waals surface area contributed by atoms with Crippen molar-refractivity contribution in [1.82, 2.24) is 4.98 Å². The molecule has 6 nitrogen and oxygen atoms in total. The van der Waals surface area contributed by atoms with Gasteiger partial charge in [0.1, 0.15) is 5.82 Å². The van der Waals surface area contributed by atoms with Crippen LogP contribution in [0.2, 0.25) is 0 Å². The Labute approximate surface area is 107 Å². The van der Waals surface area contributed by atoms with Gasteiger partial charge < -0.3 is 10.5 Å². The Hall–Kier alpha value is -1.34. The normalized spacial score (nSPS) is 17.6. The van der Waals surface area contributed by atoms with Crippen molar-refractivity contribution < 1.29 is 13.2 Å². The predicted molar refractivity (Wildman–Crippen MR) is 69.8 cm³/mol. The van der Waals surface area contributed by atoms with E-state index in [-0.39, 0.29) is 0 Å². The Morgan fingerprint density at radius 3 is 2.72 bits per heavy atom. The molecule has 7 heteroatoms. The van der Waals surface area contributed by atoms with Gasteiger partial charge >= 0.3 is 0 Å². The number of aromatic nitrogens is 1. The average molecular weight is 271 g/mol. The SMILES string of the molecule is Cc1cc(NS(=O)(=O)C2CCOCC2)ncc1N. The van der Waals surface area contributed by atoms with Gasteiger partial charge in [-0.3, -0.25) is 4.72 Å². The predicted octanol–water partition coefficient (Wildman–Crippen LogP) is 0.893. The minimum atomic E-state index is -3.40. The first-order valence-corrected chi connectivity index (χ1v) is 7.35. The summed E-state index contributed by atoms with van der Waals surface area (Å²) in [6.07, 6.45) is 2.49. The Bertz CT molecular complexity index is 524. The Kier molecular flexibility index (Phi) is 3.72. The topological polar surface area (TPSA) is 94.3 Å². The number of anilines is 2. The number of nitrogens with one attached hydrogen (secondary N) is 1. The van der Waals surface area contributed by atoms with Crippen LogP contribution in [-0.4, -0.2) is 31.9 Å². The zero-order chi connectivity index (χ0) is 13.2. The molecule has 0 amide bonds. The number of pyridine rings is 1. The fourth-order valence-electron chi connectivity index (χ4n) is 1.84. The molecule has 100 valence electrons. The number of aryl methyl sites for hydroxylation is 1. The van der Waals surface area contributed by atoms with E-state index in [0.29, 0.717) is 37.6 Å². The van der Waals surface area contributed by atoms with Crippen molar-refractivity contribution in [2.24, 2.45) is 0 Å². The van der Waals surface area contributed by atoms with E-state index in [2.05, 4.69) is 9.71 Å². The van der Waals surface area contributed by atoms with Crippen LogP contribution in [0.4, 0.5) is 11.5 Å². The van der Waals surface area contributed by atoms with Crippen molar-refractivity contribution in [3.8, 4) is 0 Å². The highest BCUT2D eigenvalue weighted by Gasteiger charge is 2.27. The molecule has 1 aliphatic rings. The van der Waals surface area contributed by atoms with Gasteiger partial charge in [-0.25, -0.2) is 13.4 Å². The Morgan fingerprint density at radius 2 is 2.11 bits per heavy atom. The number of rotatable bonds is 3. The molecule has 0 aromatic carbocycles. The molecule has 1 fully saturated rings. The molecular formula is C11H17N3O3S. The van der Waals surface area contributed by atoms with Gasteiger partial charge in [0.15, 0.2) is 0 Å². The van der Waals surface area contributed by atoms with E-state index in [9.17, 15) is 8.42 Å². The largest absolute Gasteiger partial charge is 0.397 e. The molecule has 2 rings (SSSR count). The van der Waals surface area contributed by atoms with Crippen molar-refractivity contribution in [2.75, 3.05) is 23.7 Å². The van der Waals surface area contributed by atoms with Gasteiger partial charge in [-0.05, 0) is 31.4 Å². The van der Waals surface area contributed by atoms with Crippen LogP contribution in [0.15, 0.2) is 12.3 Å². The molecular weight excluding hydrogens is 254 g/mol. The van der Waals surface area contributed by atoms with Gasteiger partial charge in [-0.2, -0.15) is 0 Å². The van der Waals surface area contributed by atoms with Gasteiger partial charge in [0.2, 0.25) is 10.0 Å². The molecule has 1 aromatic rings. The molecule has 3 N–H and O–H groups in total. The van der Waals surface area contributed by atoms with Crippen molar-refractivity contribution in [3.05, 3.63) is 17.8 Å². The summed E-state index contributed by atoms with van der Waals surface area (Å²) >= 11 is 0. The maximum atomic E-state index is 12.1. The van der Waals surface area contributed by atoms with Gasteiger partial charge in [0.25, 0.3) is 0 Å². The van der Waals surface area contributed by atoms with Crippen LogP contribution >= 0.6 is 0 Å². The van der Waals surface area contributed by atoms with Crippen LogP contribution in [0.5, 0.6) is 0 Å². The number of ether oxygens (including phenoxy) is 1. The molecule has 1 saturated heterocycles. The third-order valence-corrected chi connectivity index (χ3v) is 4.85. The minimum Gasteiger partial charge on any atom is -0.397 e. The summed E-state index contributed by atoms with van der Waals surface area (Å²) in [4.78, 5) is 3.97. The monoisotopic (exact) mass is 271 g/mol. The highest BCUT2D eigenvalue weighted by Crippen LogP contribution is 2.20. The minimum absolute atomic E-state index is 0.313. The van der Waals surface area contributed by atoms with E-state index in [1.165, 1.54) is 6.20 Å². The highest BCUT2D eigenvalue weighted by molar-refractivity contribution is 7.93. The zero-order valence-electron chi connectivity index (χ0n) is 10.2. The van der Waals surface area contributed by atoms with Crippen LogP contribution in [0, 0.1) is 6.92 Å². The van der Waals surface area contributed by atoms with Crippen LogP contribution < -0.4 is 10.5 Å². The smallest absolute Gasteiger partial charge is 0.236 e. The second-order valence-corrected chi connectivity index (χ2v) is 6.35. The number of sulfonamides is 1. The summed E-state index contributed by atoms with van der Waals surface area (Å²) in [5.41, 5.74) is 6.99. The lowest BCUT2D eigenvalue weighted by molar-refractivity contribution is 0.0984. The zero-order valence-corrected chi connectivity index (χ0v) is 11.0. The van der Waals surface area contributed by atoms with Crippen molar-refractivity contribution in [1.29, 1.82) is 0 Å².